The molecule has 27 heavy (non-hydrogen) atoms. The molecule has 0 atom stereocenters. The second-order valence-electron chi connectivity index (χ2n) is 7.43. The van der Waals surface area contributed by atoms with Crippen LogP contribution < -0.4 is 5.32 Å². The van der Waals surface area contributed by atoms with Gasteiger partial charge >= 0.3 is 0 Å². The van der Waals surface area contributed by atoms with Gasteiger partial charge in [0.15, 0.2) is 9.84 Å². The highest BCUT2D eigenvalue weighted by Crippen LogP contribution is 2.40. The second kappa shape index (κ2) is 7.44. The minimum absolute atomic E-state index is 0.125. The van der Waals surface area contributed by atoms with Crippen molar-refractivity contribution in [1.82, 2.24) is 0 Å². The first kappa shape index (κ1) is 19.6. The molecule has 5 nitrogen and oxygen atoms in total. The van der Waals surface area contributed by atoms with E-state index in [4.69, 9.17) is 0 Å². The van der Waals surface area contributed by atoms with Crippen LogP contribution in [0.15, 0.2) is 47.4 Å². The molecule has 0 bridgehead atoms. The molecule has 0 aromatic heterocycles. The SMILES string of the molecule is Cc1ccc(S(C)(=O)=O)cc1C(=O)Nc1ccc(C2(CO)CCCC2)cc1. The standard InChI is InChI=1S/C21H25NO4S/c1-15-5-10-18(27(2,25)26)13-19(15)20(24)22-17-8-6-16(7-9-17)21(14-23)11-3-4-12-21/h5-10,13,23H,3-4,11-12,14H2,1-2H3,(H,22,24). The number of hydrogen-bond acceptors (Lipinski definition) is 4. The Morgan fingerprint density at radius 3 is 2.30 bits per heavy atom. The van der Waals surface area contributed by atoms with Crippen LogP contribution in [0.25, 0.3) is 0 Å². The summed E-state index contributed by atoms with van der Waals surface area (Å²) in [6, 6.07) is 12.1. The van der Waals surface area contributed by atoms with Crippen molar-refractivity contribution in [3.05, 3.63) is 59.2 Å². The minimum atomic E-state index is -3.38. The van der Waals surface area contributed by atoms with E-state index in [1.165, 1.54) is 12.1 Å². The molecule has 0 heterocycles. The monoisotopic (exact) mass is 387 g/mol. The quantitative estimate of drug-likeness (QED) is 0.823. The lowest BCUT2D eigenvalue weighted by molar-refractivity contribution is 0.102. The molecule has 2 aromatic rings. The van der Waals surface area contributed by atoms with Crippen LogP contribution in [0.1, 0.15) is 47.2 Å². The molecule has 1 aliphatic rings. The van der Waals surface area contributed by atoms with E-state index >= 15 is 0 Å². The Morgan fingerprint density at radius 2 is 1.74 bits per heavy atom. The van der Waals surface area contributed by atoms with Crippen molar-refractivity contribution < 1.29 is 18.3 Å². The summed E-state index contributed by atoms with van der Waals surface area (Å²) in [4.78, 5) is 12.8. The first-order valence-corrected chi connectivity index (χ1v) is 11.0. The zero-order chi connectivity index (χ0) is 19.7. The van der Waals surface area contributed by atoms with E-state index in [9.17, 15) is 18.3 Å². The number of aliphatic hydroxyl groups is 1. The first-order valence-electron chi connectivity index (χ1n) is 9.09. The van der Waals surface area contributed by atoms with E-state index in [2.05, 4.69) is 5.32 Å². The Bertz CT molecular complexity index is 943. The van der Waals surface area contributed by atoms with E-state index < -0.39 is 9.84 Å². The molecular weight excluding hydrogens is 362 g/mol. The number of amides is 1. The molecule has 3 rings (SSSR count). The number of nitrogens with one attached hydrogen (secondary N) is 1. The van der Waals surface area contributed by atoms with Gasteiger partial charge in [-0.2, -0.15) is 0 Å². The van der Waals surface area contributed by atoms with E-state index in [0.717, 1.165) is 37.5 Å². The normalized spacial score (nSPS) is 16.3. The predicted molar refractivity (Wildman–Crippen MR) is 106 cm³/mol. The molecule has 1 saturated carbocycles. The van der Waals surface area contributed by atoms with Crippen molar-refractivity contribution in [2.24, 2.45) is 0 Å². The van der Waals surface area contributed by atoms with E-state index in [1.54, 1.807) is 13.0 Å². The number of sulfone groups is 1. The average Bonchev–Trinajstić information content (AvgIpc) is 3.12. The molecule has 0 unspecified atom stereocenters. The summed E-state index contributed by atoms with van der Waals surface area (Å²) in [6.07, 6.45) is 5.32. The molecule has 1 amide bonds. The summed E-state index contributed by atoms with van der Waals surface area (Å²) in [5.74, 6) is -0.344. The number of benzene rings is 2. The smallest absolute Gasteiger partial charge is 0.255 e. The Labute approximate surface area is 160 Å². The van der Waals surface area contributed by atoms with E-state index in [-0.39, 0.29) is 22.8 Å². The van der Waals surface area contributed by atoms with Gasteiger partial charge in [-0.25, -0.2) is 8.42 Å². The maximum Gasteiger partial charge on any atom is 0.255 e. The lowest BCUT2D eigenvalue weighted by atomic mass is 9.80. The Kier molecular flexibility index (Phi) is 5.40. The number of carbonyl (C=O) groups excluding carboxylic acids is 1. The second-order valence-corrected chi connectivity index (χ2v) is 9.44. The first-order chi connectivity index (χ1) is 12.7. The van der Waals surface area contributed by atoms with Crippen molar-refractivity contribution in [3.8, 4) is 0 Å². The third kappa shape index (κ3) is 4.06. The molecule has 1 aliphatic carbocycles. The summed E-state index contributed by atoms with van der Waals surface area (Å²) in [5.41, 5.74) is 2.62. The van der Waals surface area contributed by atoms with Gasteiger partial charge in [0, 0.05) is 22.9 Å². The van der Waals surface area contributed by atoms with Gasteiger partial charge in [-0.15, -0.1) is 0 Å². The largest absolute Gasteiger partial charge is 0.395 e. The maximum absolute atomic E-state index is 12.6. The molecule has 6 heteroatoms. The van der Waals surface area contributed by atoms with Crippen LogP contribution in [-0.2, 0) is 15.3 Å². The highest BCUT2D eigenvalue weighted by molar-refractivity contribution is 7.90. The number of aryl methyl sites for hydroxylation is 1. The molecule has 0 saturated heterocycles. The maximum atomic E-state index is 12.6. The summed E-state index contributed by atoms with van der Waals surface area (Å²) in [7, 11) is -3.38. The molecule has 0 aliphatic heterocycles. The molecule has 2 aromatic carbocycles. The average molecular weight is 388 g/mol. The van der Waals surface area contributed by atoms with E-state index in [0.29, 0.717) is 16.8 Å². The summed E-state index contributed by atoms with van der Waals surface area (Å²) in [5, 5.41) is 12.7. The van der Waals surface area contributed by atoms with Gasteiger partial charge in [0.05, 0.1) is 11.5 Å². The fourth-order valence-corrected chi connectivity index (χ4v) is 4.42. The minimum Gasteiger partial charge on any atom is -0.395 e. The lowest BCUT2D eigenvalue weighted by Gasteiger charge is -2.27. The Balaban J connectivity index is 1.81. The van der Waals surface area contributed by atoms with Crippen LogP contribution in [0.4, 0.5) is 5.69 Å². The number of hydrogen-bond donors (Lipinski definition) is 2. The van der Waals surface area contributed by atoms with Crippen molar-refractivity contribution in [1.29, 1.82) is 0 Å². The zero-order valence-corrected chi connectivity index (χ0v) is 16.5. The van der Waals surface area contributed by atoms with Crippen LogP contribution in [0.2, 0.25) is 0 Å². The Morgan fingerprint density at radius 1 is 1.11 bits per heavy atom. The highest BCUT2D eigenvalue weighted by Gasteiger charge is 2.34. The van der Waals surface area contributed by atoms with Crippen molar-refractivity contribution in [2.45, 2.75) is 42.9 Å². The van der Waals surface area contributed by atoms with Crippen LogP contribution in [0.3, 0.4) is 0 Å². The van der Waals surface area contributed by atoms with Gasteiger partial charge in [-0.3, -0.25) is 4.79 Å². The fourth-order valence-electron chi connectivity index (χ4n) is 3.77. The summed E-state index contributed by atoms with van der Waals surface area (Å²) in [6.45, 7) is 1.91. The number of aliphatic hydroxyl groups excluding tert-OH is 1. The molecule has 0 spiro atoms. The van der Waals surface area contributed by atoms with Crippen LogP contribution in [0, 0.1) is 6.92 Å². The topological polar surface area (TPSA) is 83.5 Å². The number of rotatable bonds is 5. The van der Waals surface area contributed by atoms with Gasteiger partial charge < -0.3 is 10.4 Å². The zero-order valence-electron chi connectivity index (χ0n) is 15.7. The third-order valence-electron chi connectivity index (χ3n) is 5.50. The predicted octanol–water partition coefficient (Wildman–Crippen LogP) is 3.45. The van der Waals surface area contributed by atoms with Gasteiger partial charge in [0.2, 0.25) is 0 Å². The third-order valence-corrected chi connectivity index (χ3v) is 6.61. The number of carbonyl (C=O) groups is 1. The lowest BCUT2D eigenvalue weighted by Crippen LogP contribution is -2.26. The van der Waals surface area contributed by atoms with E-state index in [1.807, 2.05) is 24.3 Å². The Hall–Kier alpha value is -2.18. The van der Waals surface area contributed by atoms with Crippen molar-refractivity contribution in [2.75, 3.05) is 18.2 Å². The van der Waals surface area contributed by atoms with Gasteiger partial charge in [0.25, 0.3) is 5.91 Å². The highest BCUT2D eigenvalue weighted by atomic mass is 32.2. The molecule has 144 valence electrons. The van der Waals surface area contributed by atoms with Gasteiger partial charge in [0.1, 0.15) is 0 Å². The summed E-state index contributed by atoms with van der Waals surface area (Å²) >= 11 is 0. The van der Waals surface area contributed by atoms with Crippen LogP contribution in [0.5, 0.6) is 0 Å². The summed E-state index contributed by atoms with van der Waals surface area (Å²) < 4.78 is 23.5. The molecule has 1 fully saturated rings. The molecule has 2 N–H and O–H groups in total. The van der Waals surface area contributed by atoms with Crippen LogP contribution in [-0.4, -0.2) is 32.3 Å². The fraction of sp³-hybridized carbons (Fsp3) is 0.381. The van der Waals surface area contributed by atoms with Crippen LogP contribution >= 0.6 is 0 Å². The molecule has 0 radical (unpaired) electrons. The van der Waals surface area contributed by atoms with Gasteiger partial charge in [-0.05, 0) is 55.2 Å². The molecular formula is C21H25NO4S. The van der Waals surface area contributed by atoms with Gasteiger partial charge in [-0.1, -0.05) is 31.0 Å². The van der Waals surface area contributed by atoms with Crippen molar-refractivity contribution >= 4 is 21.4 Å². The van der Waals surface area contributed by atoms with Crippen molar-refractivity contribution in [3.63, 3.8) is 0 Å². The number of anilines is 1.